The van der Waals surface area contributed by atoms with Gasteiger partial charge in [-0.15, -0.1) is 10.2 Å². The van der Waals surface area contributed by atoms with E-state index in [0.29, 0.717) is 5.02 Å². The largest absolute Gasteiger partial charge is 0.296 e. The van der Waals surface area contributed by atoms with Gasteiger partial charge in [-0.05, 0) is 48.7 Å². The normalized spacial score (nSPS) is 12.3. The molecule has 0 aliphatic carbocycles. The number of carbonyl (C=O) groups is 1. The minimum atomic E-state index is -4.08. The molecule has 7 nitrogen and oxygen atoms in total. The van der Waals surface area contributed by atoms with Crippen molar-refractivity contribution in [1.82, 2.24) is 14.9 Å². The number of amides is 1. The van der Waals surface area contributed by atoms with E-state index in [2.05, 4.69) is 20.2 Å². The van der Waals surface area contributed by atoms with Crippen LogP contribution in [0.15, 0.2) is 71.1 Å². The van der Waals surface area contributed by atoms with Crippen LogP contribution in [0.2, 0.25) is 10.0 Å². The number of rotatable bonds is 7. The fraction of sp³-hybridized carbons (Fsp3) is 0.125. The molecule has 1 aromatic heterocycles. The number of benzene rings is 3. The Morgan fingerprint density at radius 2 is 1.71 bits per heavy atom. The molecule has 1 heterocycles. The summed E-state index contributed by atoms with van der Waals surface area (Å²) in [4.78, 5) is 12.6. The van der Waals surface area contributed by atoms with Gasteiger partial charge < -0.3 is 0 Å². The van der Waals surface area contributed by atoms with E-state index in [-0.39, 0.29) is 20.1 Å². The minimum Gasteiger partial charge on any atom is -0.296 e. The molecule has 4 rings (SSSR count). The van der Waals surface area contributed by atoms with Gasteiger partial charge in [-0.1, -0.05) is 88.6 Å². The molecule has 1 amide bonds. The zero-order chi connectivity index (χ0) is 25.2. The summed E-state index contributed by atoms with van der Waals surface area (Å²) in [5.74, 6) is -0.558. The maximum absolute atomic E-state index is 13.3. The third-order valence-corrected chi connectivity index (χ3v) is 8.35. The second-order valence-electron chi connectivity index (χ2n) is 7.78. The quantitative estimate of drug-likeness (QED) is 0.286. The molecule has 35 heavy (non-hydrogen) atoms. The molecule has 0 spiro atoms. The maximum atomic E-state index is 13.3. The smallest absolute Gasteiger partial charge is 0.270 e. The van der Waals surface area contributed by atoms with Crippen molar-refractivity contribution in [2.75, 3.05) is 5.32 Å². The molecule has 0 unspecified atom stereocenters. The highest BCUT2D eigenvalue weighted by atomic mass is 35.5. The van der Waals surface area contributed by atoms with E-state index in [4.69, 9.17) is 23.2 Å². The molecule has 0 radical (unpaired) electrons. The van der Waals surface area contributed by atoms with Crippen LogP contribution < -0.4 is 10.0 Å². The lowest BCUT2D eigenvalue weighted by Gasteiger charge is -2.21. The molecule has 0 aliphatic heterocycles. The van der Waals surface area contributed by atoms with Crippen LogP contribution in [0, 0.1) is 13.8 Å². The molecule has 0 saturated heterocycles. The highest BCUT2D eigenvalue weighted by molar-refractivity contribution is 7.91. The average Bonchev–Trinajstić information content (AvgIpc) is 3.28. The zero-order valence-corrected chi connectivity index (χ0v) is 21.8. The van der Waals surface area contributed by atoms with Crippen molar-refractivity contribution in [2.24, 2.45) is 0 Å². The van der Waals surface area contributed by atoms with Crippen molar-refractivity contribution in [3.8, 4) is 0 Å². The number of aromatic nitrogens is 2. The highest BCUT2D eigenvalue weighted by Crippen LogP contribution is 2.29. The molecular formula is C24H20Cl2N4O3S2. The Morgan fingerprint density at radius 1 is 0.971 bits per heavy atom. The van der Waals surface area contributed by atoms with E-state index in [1.807, 2.05) is 62.4 Å². The van der Waals surface area contributed by atoms with E-state index >= 15 is 0 Å². The van der Waals surface area contributed by atoms with Crippen LogP contribution in [0.1, 0.15) is 38.7 Å². The molecule has 0 bridgehead atoms. The Balaban J connectivity index is 1.60. The van der Waals surface area contributed by atoms with Gasteiger partial charge in [0, 0.05) is 5.02 Å². The summed E-state index contributed by atoms with van der Waals surface area (Å²) < 4.78 is 29.0. The summed E-state index contributed by atoms with van der Waals surface area (Å²) >= 11 is 12.7. The zero-order valence-electron chi connectivity index (χ0n) is 18.6. The fourth-order valence-corrected chi connectivity index (χ4v) is 6.13. The highest BCUT2D eigenvalue weighted by Gasteiger charge is 2.27. The fourth-order valence-electron chi connectivity index (χ4n) is 3.52. The lowest BCUT2D eigenvalue weighted by Crippen LogP contribution is -2.30. The lowest BCUT2D eigenvalue weighted by molar-refractivity contribution is 0.102. The Bertz CT molecular complexity index is 1490. The number of anilines is 1. The van der Waals surface area contributed by atoms with E-state index in [9.17, 15) is 13.2 Å². The number of nitrogens with zero attached hydrogens (tertiary/aromatic N) is 2. The van der Waals surface area contributed by atoms with Crippen LogP contribution in [0.5, 0.6) is 0 Å². The molecule has 1 atom stereocenters. The van der Waals surface area contributed by atoms with Gasteiger partial charge in [0.15, 0.2) is 0 Å². The van der Waals surface area contributed by atoms with Crippen molar-refractivity contribution in [3.05, 3.63) is 105 Å². The van der Waals surface area contributed by atoms with Crippen LogP contribution >= 0.6 is 34.5 Å². The summed E-state index contributed by atoms with van der Waals surface area (Å²) in [5, 5.41) is 10.7. The minimum absolute atomic E-state index is 0.0177. The molecule has 2 N–H and O–H groups in total. The van der Waals surface area contributed by atoms with E-state index in [1.165, 1.54) is 18.2 Å². The number of sulfonamides is 1. The first-order valence-corrected chi connectivity index (χ1v) is 13.4. The van der Waals surface area contributed by atoms with Crippen molar-refractivity contribution in [1.29, 1.82) is 0 Å². The van der Waals surface area contributed by atoms with Crippen LogP contribution in [0.3, 0.4) is 0 Å². The third-order valence-electron chi connectivity index (χ3n) is 5.17. The van der Waals surface area contributed by atoms with Crippen molar-refractivity contribution < 1.29 is 13.2 Å². The molecule has 3 aromatic carbocycles. The van der Waals surface area contributed by atoms with Gasteiger partial charge in [-0.3, -0.25) is 10.1 Å². The van der Waals surface area contributed by atoms with Gasteiger partial charge >= 0.3 is 0 Å². The molecule has 4 aromatic rings. The predicted molar refractivity (Wildman–Crippen MR) is 139 cm³/mol. The van der Waals surface area contributed by atoms with Crippen LogP contribution in [0.4, 0.5) is 5.13 Å². The first-order chi connectivity index (χ1) is 16.6. The summed E-state index contributed by atoms with van der Waals surface area (Å²) in [7, 11) is -4.08. The number of hydrogen-bond acceptors (Lipinski definition) is 6. The molecule has 0 fully saturated rings. The Kier molecular flexibility index (Phi) is 7.53. The lowest BCUT2D eigenvalue weighted by atomic mass is 9.95. The Labute approximate surface area is 217 Å². The first-order valence-electron chi connectivity index (χ1n) is 10.4. The molecule has 0 aliphatic rings. The number of hydrogen-bond donors (Lipinski definition) is 2. The van der Waals surface area contributed by atoms with E-state index in [1.54, 1.807) is 0 Å². The molecule has 0 saturated carbocycles. The Morgan fingerprint density at radius 3 is 2.40 bits per heavy atom. The number of nitrogens with one attached hydrogen (secondary N) is 2. The van der Waals surface area contributed by atoms with Crippen LogP contribution in [-0.4, -0.2) is 24.5 Å². The summed E-state index contributed by atoms with van der Waals surface area (Å²) in [6, 6.07) is 18.9. The topological polar surface area (TPSA) is 101 Å². The van der Waals surface area contributed by atoms with Gasteiger partial charge in [-0.25, -0.2) is 8.42 Å². The van der Waals surface area contributed by atoms with Crippen molar-refractivity contribution in [2.45, 2.75) is 24.2 Å². The van der Waals surface area contributed by atoms with Crippen LogP contribution in [-0.2, 0) is 10.0 Å². The third kappa shape index (κ3) is 5.88. The SMILES string of the molecule is Cc1ccc([C@@H](NS(=O)(=O)c2nnc(NC(=O)c3ccc(Cl)cc3Cl)s2)c2ccccc2)c(C)c1. The van der Waals surface area contributed by atoms with Gasteiger partial charge in [0.25, 0.3) is 15.9 Å². The summed E-state index contributed by atoms with van der Waals surface area (Å²) in [5.41, 5.74) is 3.80. The number of halogens is 2. The molecular weight excluding hydrogens is 527 g/mol. The van der Waals surface area contributed by atoms with Gasteiger partial charge in [0.05, 0.1) is 16.6 Å². The van der Waals surface area contributed by atoms with E-state index in [0.717, 1.165) is 33.6 Å². The molecule has 180 valence electrons. The average molecular weight is 547 g/mol. The number of carbonyl (C=O) groups excluding carboxylic acids is 1. The van der Waals surface area contributed by atoms with Crippen molar-refractivity contribution in [3.63, 3.8) is 0 Å². The Hall–Kier alpha value is -2.82. The number of aryl methyl sites for hydroxylation is 2. The van der Waals surface area contributed by atoms with E-state index < -0.39 is 22.0 Å². The van der Waals surface area contributed by atoms with Crippen molar-refractivity contribution >= 4 is 55.6 Å². The second kappa shape index (κ2) is 10.4. The first kappa shape index (κ1) is 25.3. The monoisotopic (exact) mass is 546 g/mol. The van der Waals surface area contributed by atoms with Gasteiger partial charge in [-0.2, -0.15) is 4.72 Å². The standard InChI is InChI=1S/C24H20Cl2N4O3S2/c1-14-8-10-18(15(2)12-14)21(16-6-4-3-5-7-16)30-35(32,33)24-29-28-23(34-24)27-22(31)19-11-9-17(25)13-20(19)26/h3-13,21,30H,1-2H3,(H,27,28,31)/t21-/m0/s1. The maximum Gasteiger partial charge on any atom is 0.270 e. The van der Waals surface area contributed by atoms with Crippen LogP contribution in [0.25, 0.3) is 0 Å². The summed E-state index contributed by atoms with van der Waals surface area (Å²) in [6.45, 7) is 3.92. The van der Waals surface area contributed by atoms with Gasteiger partial charge in [0.1, 0.15) is 0 Å². The predicted octanol–water partition coefficient (Wildman–Crippen LogP) is 5.78. The second-order valence-corrected chi connectivity index (χ2v) is 11.5. The molecule has 11 heteroatoms. The van der Waals surface area contributed by atoms with Gasteiger partial charge in [0.2, 0.25) is 9.47 Å². The summed E-state index contributed by atoms with van der Waals surface area (Å²) in [6.07, 6.45) is 0.